The van der Waals surface area contributed by atoms with Crippen molar-refractivity contribution >= 4 is 6.03 Å². The molecule has 0 bridgehead atoms. The Bertz CT molecular complexity index is 238. The number of carbonyl (C=O) groups excluding carboxylic acids is 1. The van der Waals surface area contributed by atoms with Crippen molar-refractivity contribution in [2.45, 2.75) is 58.4 Å². The molecular weight excluding hydrogens is 228 g/mol. The normalized spacial score (nSPS) is 23.7. The van der Waals surface area contributed by atoms with E-state index in [4.69, 9.17) is 5.11 Å². The summed E-state index contributed by atoms with van der Waals surface area (Å²) in [5.74, 6) is 0.856. The lowest BCUT2D eigenvalue weighted by atomic mass is 9.84. The predicted octanol–water partition coefficient (Wildman–Crippen LogP) is 2.37. The van der Waals surface area contributed by atoms with E-state index in [1.807, 2.05) is 6.92 Å². The lowest BCUT2D eigenvalue weighted by molar-refractivity contribution is 0.182. The largest absolute Gasteiger partial charge is 0.396 e. The van der Waals surface area contributed by atoms with E-state index in [0.717, 1.165) is 18.8 Å². The lowest BCUT2D eigenvalue weighted by Crippen LogP contribution is -2.46. The highest BCUT2D eigenvalue weighted by Gasteiger charge is 2.22. The van der Waals surface area contributed by atoms with Gasteiger partial charge in [0, 0.05) is 25.7 Å². The molecule has 4 nitrogen and oxygen atoms in total. The van der Waals surface area contributed by atoms with Gasteiger partial charge in [-0.15, -0.1) is 0 Å². The average Bonchev–Trinajstić information content (AvgIpc) is 2.40. The molecule has 2 N–H and O–H groups in total. The fraction of sp³-hybridized carbons (Fsp3) is 0.929. The quantitative estimate of drug-likeness (QED) is 0.766. The van der Waals surface area contributed by atoms with Gasteiger partial charge in [-0.3, -0.25) is 0 Å². The van der Waals surface area contributed by atoms with Crippen molar-refractivity contribution < 1.29 is 9.90 Å². The minimum absolute atomic E-state index is 0.0332. The molecule has 2 amide bonds. The standard InChI is InChI=1S/C14H28N2O2/c1-3-12-6-8-13(9-7-12)15-14(18)16(4-2)10-5-11-17/h12-13,17H,3-11H2,1-2H3,(H,15,18). The molecule has 0 saturated heterocycles. The highest BCUT2D eigenvalue weighted by Crippen LogP contribution is 2.26. The van der Waals surface area contributed by atoms with Crippen LogP contribution >= 0.6 is 0 Å². The lowest BCUT2D eigenvalue weighted by Gasteiger charge is -2.30. The van der Waals surface area contributed by atoms with Gasteiger partial charge in [-0.1, -0.05) is 13.3 Å². The van der Waals surface area contributed by atoms with Gasteiger partial charge in [0.05, 0.1) is 0 Å². The number of nitrogens with one attached hydrogen (secondary N) is 1. The topological polar surface area (TPSA) is 52.6 Å². The summed E-state index contributed by atoms with van der Waals surface area (Å²) < 4.78 is 0. The van der Waals surface area contributed by atoms with Crippen molar-refractivity contribution in [3.05, 3.63) is 0 Å². The van der Waals surface area contributed by atoms with E-state index < -0.39 is 0 Å². The molecule has 0 unspecified atom stereocenters. The smallest absolute Gasteiger partial charge is 0.317 e. The van der Waals surface area contributed by atoms with Crippen LogP contribution in [0.5, 0.6) is 0 Å². The molecule has 1 aliphatic carbocycles. The molecule has 1 fully saturated rings. The molecular formula is C14H28N2O2. The highest BCUT2D eigenvalue weighted by atomic mass is 16.3. The fourth-order valence-corrected chi connectivity index (χ4v) is 2.65. The first-order valence-electron chi connectivity index (χ1n) is 7.37. The zero-order valence-corrected chi connectivity index (χ0v) is 11.8. The van der Waals surface area contributed by atoms with Gasteiger partial charge < -0.3 is 15.3 Å². The summed E-state index contributed by atoms with van der Waals surface area (Å²) >= 11 is 0. The van der Waals surface area contributed by atoms with Gasteiger partial charge in [0.25, 0.3) is 0 Å². The number of urea groups is 1. The Balaban J connectivity index is 2.30. The minimum Gasteiger partial charge on any atom is -0.396 e. The first-order valence-corrected chi connectivity index (χ1v) is 7.37. The second-order valence-electron chi connectivity index (χ2n) is 5.23. The molecule has 0 radical (unpaired) electrons. The molecule has 0 aliphatic heterocycles. The summed E-state index contributed by atoms with van der Waals surface area (Å²) in [6.07, 6.45) is 6.63. The number of carbonyl (C=O) groups is 1. The summed E-state index contributed by atoms with van der Waals surface area (Å²) in [7, 11) is 0. The Kier molecular flexibility index (Phi) is 7.09. The summed E-state index contributed by atoms with van der Waals surface area (Å²) in [4.78, 5) is 13.8. The zero-order valence-electron chi connectivity index (χ0n) is 11.8. The molecule has 106 valence electrons. The fourth-order valence-electron chi connectivity index (χ4n) is 2.65. The first kappa shape index (κ1) is 15.3. The van der Waals surface area contributed by atoms with Crippen molar-refractivity contribution in [2.24, 2.45) is 5.92 Å². The van der Waals surface area contributed by atoms with E-state index in [0.29, 0.717) is 25.6 Å². The van der Waals surface area contributed by atoms with Crippen molar-refractivity contribution in [3.63, 3.8) is 0 Å². The van der Waals surface area contributed by atoms with Crippen molar-refractivity contribution in [1.29, 1.82) is 0 Å². The Morgan fingerprint density at radius 1 is 1.28 bits per heavy atom. The van der Waals surface area contributed by atoms with Gasteiger partial charge in [0.2, 0.25) is 0 Å². The third kappa shape index (κ3) is 4.84. The summed E-state index contributed by atoms with van der Waals surface area (Å²) in [5.41, 5.74) is 0. The van der Waals surface area contributed by atoms with Crippen LogP contribution in [0.3, 0.4) is 0 Å². The number of aliphatic hydroxyl groups excluding tert-OH is 1. The summed E-state index contributed by atoms with van der Waals surface area (Å²) in [5, 5.41) is 11.9. The van der Waals surface area contributed by atoms with E-state index >= 15 is 0 Å². The third-order valence-corrected chi connectivity index (χ3v) is 4.01. The van der Waals surface area contributed by atoms with Crippen molar-refractivity contribution in [2.75, 3.05) is 19.7 Å². The van der Waals surface area contributed by atoms with Gasteiger partial charge in [-0.25, -0.2) is 4.79 Å². The number of nitrogens with zero attached hydrogens (tertiary/aromatic N) is 1. The maximum atomic E-state index is 12.0. The number of hydrogen-bond donors (Lipinski definition) is 2. The van der Waals surface area contributed by atoms with Gasteiger partial charge >= 0.3 is 6.03 Å². The van der Waals surface area contributed by atoms with E-state index in [9.17, 15) is 4.79 Å². The summed E-state index contributed by atoms with van der Waals surface area (Å²) in [6, 6.07) is 0.384. The van der Waals surface area contributed by atoms with E-state index in [2.05, 4.69) is 12.2 Å². The minimum atomic E-state index is 0.0332. The van der Waals surface area contributed by atoms with Crippen LogP contribution in [0.2, 0.25) is 0 Å². The van der Waals surface area contributed by atoms with Crippen LogP contribution in [0.4, 0.5) is 4.79 Å². The van der Waals surface area contributed by atoms with Gasteiger partial charge in [0.15, 0.2) is 0 Å². The monoisotopic (exact) mass is 256 g/mol. The average molecular weight is 256 g/mol. The van der Waals surface area contributed by atoms with E-state index in [-0.39, 0.29) is 12.6 Å². The third-order valence-electron chi connectivity index (χ3n) is 4.01. The number of aliphatic hydroxyl groups is 1. The molecule has 4 heteroatoms. The van der Waals surface area contributed by atoms with Gasteiger partial charge in [0.1, 0.15) is 0 Å². The van der Waals surface area contributed by atoms with E-state index in [1.54, 1.807) is 4.90 Å². The maximum absolute atomic E-state index is 12.0. The molecule has 0 spiro atoms. The molecule has 0 heterocycles. The molecule has 1 rings (SSSR count). The van der Waals surface area contributed by atoms with Crippen LogP contribution in [0, 0.1) is 5.92 Å². The van der Waals surface area contributed by atoms with Crippen LogP contribution in [0.1, 0.15) is 52.4 Å². The molecule has 1 saturated carbocycles. The molecule has 1 aliphatic rings. The highest BCUT2D eigenvalue weighted by molar-refractivity contribution is 5.74. The number of amides is 2. The molecule has 0 aromatic heterocycles. The van der Waals surface area contributed by atoms with Crippen LogP contribution in [0.25, 0.3) is 0 Å². The van der Waals surface area contributed by atoms with Gasteiger partial charge in [-0.2, -0.15) is 0 Å². The van der Waals surface area contributed by atoms with Crippen LogP contribution in [0.15, 0.2) is 0 Å². The zero-order chi connectivity index (χ0) is 13.4. The molecule has 0 atom stereocenters. The Hall–Kier alpha value is -0.770. The van der Waals surface area contributed by atoms with Crippen LogP contribution < -0.4 is 5.32 Å². The van der Waals surface area contributed by atoms with E-state index in [1.165, 1.54) is 19.3 Å². The Labute approximate surface area is 111 Å². The maximum Gasteiger partial charge on any atom is 0.317 e. The number of hydrogen-bond acceptors (Lipinski definition) is 2. The Morgan fingerprint density at radius 2 is 1.94 bits per heavy atom. The van der Waals surface area contributed by atoms with Crippen molar-refractivity contribution in [3.8, 4) is 0 Å². The van der Waals surface area contributed by atoms with Crippen LogP contribution in [-0.4, -0.2) is 41.8 Å². The van der Waals surface area contributed by atoms with Gasteiger partial charge in [-0.05, 0) is 44.9 Å². The SMILES string of the molecule is CCC1CCC(NC(=O)N(CC)CCCO)CC1. The van der Waals surface area contributed by atoms with Crippen molar-refractivity contribution in [1.82, 2.24) is 10.2 Å². The second kappa shape index (κ2) is 8.35. The first-order chi connectivity index (χ1) is 8.71. The Morgan fingerprint density at radius 3 is 2.44 bits per heavy atom. The summed E-state index contributed by atoms with van der Waals surface area (Å²) in [6.45, 7) is 5.72. The molecule has 0 aromatic rings. The predicted molar refractivity (Wildman–Crippen MR) is 73.5 cm³/mol. The number of rotatable bonds is 6. The van der Waals surface area contributed by atoms with Crippen LogP contribution in [-0.2, 0) is 0 Å². The molecule has 0 aromatic carbocycles. The second-order valence-corrected chi connectivity index (χ2v) is 5.23. The molecule has 18 heavy (non-hydrogen) atoms.